The summed E-state index contributed by atoms with van der Waals surface area (Å²) in [6.07, 6.45) is 2.28. The van der Waals surface area contributed by atoms with Gasteiger partial charge in [0.2, 0.25) is 0 Å². The van der Waals surface area contributed by atoms with Crippen molar-refractivity contribution in [1.82, 2.24) is 16.0 Å². The van der Waals surface area contributed by atoms with Crippen LogP contribution in [-0.2, 0) is 6.54 Å². The fourth-order valence-electron chi connectivity index (χ4n) is 2.58. The first-order valence-electron chi connectivity index (χ1n) is 8.95. The number of carbonyl (C=O) groups excluding carboxylic acids is 1. The van der Waals surface area contributed by atoms with E-state index in [1.807, 2.05) is 26.0 Å². The van der Waals surface area contributed by atoms with Gasteiger partial charge >= 0.3 is 0 Å². The van der Waals surface area contributed by atoms with Crippen molar-refractivity contribution in [2.75, 3.05) is 27.2 Å². The molecule has 0 atom stereocenters. The van der Waals surface area contributed by atoms with Crippen molar-refractivity contribution in [2.24, 2.45) is 4.99 Å². The molecule has 1 aromatic carbocycles. The Bertz CT molecular complexity index is 783. The summed E-state index contributed by atoms with van der Waals surface area (Å²) >= 11 is 0. The smallest absolute Gasteiger partial charge is 0.287 e. The molecule has 2 aromatic rings. The van der Waals surface area contributed by atoms with Gasteiger partial charge in [-0.15, -0.1) is 0 Å². The Kier molecular flexibility index (Phi) is 7.73. The van der Waals surface area contributed by atoms with Crippen LogP contribution in [0.1, 0.15) is 33.7 Å². The lowest BCUT2D eigenvalue weighted by atomic mass is 10.1. The highest BCUT2D eigenvalue weighted by atomic mass is 16.5. The molecule has 7 nitrogen and oxygen atoms in total. The zero-order valence-corrected chi connectivity index (χ0v) is 16.4. The average molecular weight is 372 g/mol. The van der Waals surface area contributed by atoms with Gasteiger partial charge in [-0.2, -0.15) is 0 Å². The van der Waals surface area contributed by atoms with E-state index in [0.29, 0.717) is 31.4 Å². The van der Waals surface area contributed by atoms with Gasteiger partial charge in [-0.05, 0) is 38.0 Å². The molecule has 0 saturated carbocycles. The van der Waals surface area contributed by atoms with Crippen LogP contribution in [0, 0.1) is 13.8 Å². The maximum absolute atomic E-state index is 12.0. The van der Waals surface area contributed by atoms with Crippen molar-refractivity contribution in [3.8, 4) is 5.75 Å². The quantitative estimate of drug-likeness (QED) is 0.376. The van der Waals surface area contributed by atoms with E-state index >= 15 is 0 Å². The maximum Gasteiger partial charge on any atom is 0.287 e. The van der Waals surface area contributed by atoms with Crippen LogP contribution in [0.3, 0.4) is 0 Å². The van der Waals surface area contributed by atoms with E-state index in [4.69, 9.17) is 9.15 Å². The van der Waals surface area contributed by atoms with Gasteiger partial charge in [-0.3, -0.25) is 9.79 Å². The molecule has 2 rings (SSSR count). The van der Waals surface area contributed by atoms with Gasteiger partial charge in [-0.1, -0.05) is 12.1 Å². The fourth-order valence-corrected chi connectivity index (χ4v) is 2.58. The minimum absolute atomic E-state index is 0.188. The number of nitrogens with zero attached hydrogens (tertiary/aromatic N) is 1. The van der Waals surface area contributed by atoms with Crippen LogP contribution in [-0.4, -0.2) is 39.1 Å². The number of methoxy groups -OCH3 is 1. The van der Waals surface area contributed by atoms with Gasteiger partial charge in [0.1, 0.15) is 5.75 Å². The number of amides is 1. The lowest BCUT2D eigenvalue weighted by molar-refractivity contribution is 0.0925. The molecule has 0 unspecified atom stereocenters. The average Bonchev–Trinajstić information content (AvgIpc) is 3.10. The monoisotopic (exact) mass is 372 g/mol. The molecule has 0 fully saturated rings. The second-order valence-electron chi connectivity index (χ2n) is 6.21. The van der Waals surface area contributed by atoms with E-state index in [9.17, 15) is 4.79 Å². The third-order valence-electron chi connectivity index (χ3n) is 4.11. The van der Waals surface area contributed by atoms with E-state index in [2.05, 4.69) is 27.0 Å². The summed E-state index contributed by atoms with van der Waals surface area (Å²) in [5.74, 6) is 1.73. The second-order valence-corrected chi connectivity index (χ2v) is 6.21. The molecule has 0 aliphatic carbocycles. The molecule has 1 heterocycles. The first-order chi connectivity index (χ1) is 13.0. The number of carbonyl (C=O) groups is 1. The number of aryl methyl sites for hydroxylation is 2. The maximum atomic E-state index is 12.0. The summed E-state index contributed by atoms with van der Waals surface area (Å²) in [6, 6.07) is 7.88. The molecule has 146 valence electrons. The first-order valence-corrected chi connectivity index (χ1v) is 8.95. The van der Waals surface area contributed by atoms with E-state index in [-0.39, 0.29) is 5.91 Å². The third-order valence-corrected chi connectivity index (χ3v) is 4.11. The van der Waals surface area contributed by atoms with Crippen molar-refractivity contribution >= 4 is 11.9 Å². The number of rotatable bonds is 8. The van der Waals surface area contributed by atoms with Crippen molar-refractivity contribution in [3.05, 3.63) is 53.0 Å². The Hall–Kier alpha value is -2.96. The summed E-state index contributed by atoms with van der Waals surface area (Å²) in [5.41, 5.74) is 3.05. The number of guanidine groups is 1. The molecular weight excluding hydrogens is 344 g/mol. The van der Waals surface area contributed by atoms with Gasteiger partial charge < -0.3 is 25.1 Å². The number of ether oxygens (including phenoxy) is 1. The first kappa shape index (κ1) is 20.4. The topological polar surface area (TPSA) is 87.9 Å². The van der Waals surface area contributed by atoms with Crippen molar-refractivity contribution < 1.29 is 13.9 Å². The zero-order chi connectivity index (χ0) is 19.6. The van der Waals surface area contributed by atoms with Crippen LogP contribution >= 0.6 is 0 Å². The predicted molar refractivity (Wildman–Crippen MR) is 106 cm³/mol. The Morgan fingerprint density at radius 1 is 1.15 bits per heavy atom. The highest BCUT2D eigenvalue weighted by Gasteiger charge is 2.11. The van der Waals surface area contributed by atoms with Gasteiger partial charge in [0.15, 0.2) is 11.7 Å². The standard InChI is InChI=1S/C20H28N4O3/c1-14-6-7-16(17(12-14)26-4)13-24-20(21-3)23-10-5-9-22-19(25)18-15(2)8-11-27-18/h6-8,11-12H,5,9-10,13H2,1-4H3,(H,22,25)(H2,21,23,24). The lowest BCUT2D eigenvalue weighted by Crippen LogP contribution is -2.38. The summed E-state index contributed by atoms with van der Waals surface area (Å²) in [4.78, 5) is 16.2. The predicted octanol–water partition coefficient (Wildman–Crippen LogP) is 2.39. The van der Waals surface area contributed by atoms with Crippen LogP contribution < -0.4 is 20.7 Å². The molecule has 0 spiro atoms. The molecule has 27 heavy (non-hydrogen) atoms. The lowest BCUT2D eigenvalue weighted by Gasteiger charge is -2.14. The highest BCUT2D eigenvalue weighted by Crippen LogP contribution is 2.19. The van der Waals surface area contributed by atoms with Gasteiger partial charge in [-0.25, -0.2) is 0 Å². The number of nitrogens with one attached hydrogen (secondary N) is 3. The molecule has 7 heteroatoms. The van der Waals surface area contributed by atoms with E-state index in [1.54, 1.807) is 20.2 Å². The number of aliphatic imine (C=N–C) groups is 1. The molecule has 0 radical (unpaired) electrons. The van der Waals surface area contributed by atoms with E-state index < -0.39 is 0 Å². The summed E-state index contributed by atoms with van der Waals surface area (Å²) in [6.45, 7) is 5.72. The van der Waals surface area contributed by atoms with Crippen LogP contribution in [0.15, 0.2) is 39.9 Å². The number of benzene rings is 1. The molecule has 1 amide bonds. The molecule has 0 aliphatic heterocycles. The van der Waals surface area contributed by atoms with Gasteiger partial charge in [0.05, 0.1) is 13.4 Å². The summed E-state index contributed by atoms with van der Waals surface area (Å²) in [7, 11) is 3.40. The molecule has 0 aliphatic rings. The molecule has 0 bridgehead atoms. The van der Waals surface area contributed by atoms with Crippen LogP contribution in [0.2, 0.25) is 0 Å². The summed E-state index contributed by atoms with van der Waals surface area (Å²) in [5, 5.41) is 9.34. The van der Waals surface area contributed by atoms with Crippen molar-refractivity contribution in [3.63, 3.8) is 0 Å². The SMILES string of the molecule is CN=C(NCCCNC(=O)c1occc1C)NCc1ccc(C)cc1OC. The molecule has 3 N–H and O–H groups in total. The minimum Gasteiger partial charge on any atom is -0.496 e. The Labute approximate surface area is 160 Å². The zero-order valence-electron chi connectivity index (χ0n) is 16.4. The molecule has 1 aromatic heterocycles. The van der Waals surface area contributed by atoms with Gasteiger partial charge in [0, 0.05) is 37.8 Å². The number of furan rings is 1. The fraction of sp³-hybridized carbons (Fsp3) is 0.400. The number of hydrogen-bond donors (Lipinski definition) is 3. The van der Waals surface area contributed by atoms with E-state index in [1.165, 1.54) is 6.26 Å². The van der Waals surface area contributed by atoms with Crippen LogP contribution in [0.25, 0.3) is 0 Å². The largest absolute Gasteiger partial charge is 0.496 e. The Morgan fingerprint density at radius 2 is 1.93 bits per heavy atom. The van der Waals surface area contributed by atoms with Crippen LogP contribution in [0.5, 0.6) is 5.75 Å². The van der Waals surface area contributed by atoms with E-state index in [0.717, 1.165) is 28.9 Å². The van der Waals surface area contributed by atoms with Crippen molar-refractivity contribution in [1.29, 1.82) is 0 Å². The molecular formula is C20H28N4O3. The van der Waals surface area contributed by atoms with Gasteiger partial charge in [0.25, 0.3) is 5.91 Å². The number of hydrogen-bond acceptors (Lipinski definition) is 4. The van der Waals surface area contributed by atoms with Crippen LogP contribution in [0.4, 0.5) is 0 Å². The highest BCUT2D eigenvalue weighted by molar-refractivity contribution is 5.92. The van der Waals surface area contributed by atoms with Crippen molar-refractivity contribution in [2.45, 2.75) is 26.8 Å². The Morgan fingerprint density at radius 3 is 2.59 bits per heavy atom. The normalized spacial score (nSPS) is 11.2. The molecule has 0 saturated heterocycles. The minimum atomic E-state index is -0.188. The third kappa shape index (κ3) is 6.06. The Balaban J connectivity index is 1.70. The summed E-state index contributed by atoms with van der Waals surface area (Å²) < 4.78 is 10.6. The second kappa shape index (κ2) is 10.3.